The summed E-state index contributed by atoms with van der Waals surface area (Å²) in [5.74, 6) is 1.05. The van der Waals surface area contributed by atoms with Gasteiger partial charge in [0.15, 0.2) is 17.2 Å². The van der Waals surface area contributed by atoms with Crippen LogP contribution in [0.2, 0.25) is 0 Å². The van der Waals surface area contributed by atoms with Crippen LogP contribution in [0.3, 0.4) is 0 Å². The first-order valence-electron chi connectivity index (χ1n) is 6.15. The van der Waals surface area contributed by atoms with Gasteiger partial charge in [0, 0.05) is 12.1 Å². The number of carbonyl (C=O) groups is 1. The molecule has 0 aliphatic rings. The molecular weight excluding hydrogens is 272 g/mol. The molecule has 0 saturated carbocycles. The second-order valence-electron chi connectivity index (χ2n) is 4.21. The summed E-state index contributed by atoms with van der Waals surface area (Å²) < 4.78 is 16.0. The molecule has 2 rings (SSSR count). The van der Waals surface area contributed by atoms with Gasteiger partial charge in [-0.05, 0) is 12.1 Å². The van der Waals surface area contributed by atoms with E-state index in [1.54, 1.807) is 36.4 Å². The van der Waals surface area contributed by atoms with E-state index in [1.165, 1.54) is 14.2 Å². The van der Waals surface area contributed by atoms with Crippen LogP contribution in [0.5, 0.6) is 23.0 Å². The number of methoxy groups -OCH3 is 2. The van der Waals surface area contributed by atoms with E-state index >= 15 is 0 Å². The van der Waals surface area contributed by atoms with Crippen molar-refractivity contribution < 1.29 is 19.0 Å². The largest absolute Gasteiger partial charge is 0.493 e. The molecule has 0 saturated heterocycles. The fourth-order valence-electron chi connectivity index (χ4n) is 1.84. The zero-order chi connectivity index (χ0) is 15.4. The predicted octanol–water partition coefficient (Wildman–Crippen LogP) is 2.18. The molecule has 0 radical (unpaired) electrons. The molecule has 0 spiro atoms. The average Bonchev–Trinajstić information content (AvgIpc) is 2.49. The zero-order valence-electron chi connectivity index (χ0n) is 11.8. The molecule has 1 amide bonds. The second kappa shape index (κ2) is 6.04. The Morgan fingerprint density at radius 3 is 2.19 bits per heavy atom. The number of hydrogen-bond acceptors (Lipinski definition) is 5. The number of nitrogens with two attached hydrogens (primary N) is 2. The lowest BCUT2D eigenvalue weighted by atomic mass is 10.2. The first-order valence-corrected chi connectivity index (χ1v) is 6.15. The number of anilines is 1. The standard InChI is InChI=1S/C15H16N2O4/c1-19-13-7-10(16)12(8-14(13)20-2)21-11-6-4-3-5-9(11)15(17)18/h3-8H,16H2,1-2H3,(H2,17,18). The van der Waals surface area contributed by atoms with Crippen molar-refractivity contribution in [2.45, 2.75) is 0 Å². The van der Waals surface area contributed by atoms with E-state index in [9.17, 15) is 4.79 Å². The van der Waals surface area contributed by atoms with Crippen molar-refractivity contribution in [3.05, 3.63) is 42.0 Å². The fourth-order valence-corrected chi connectivity index (χ4v) is 1.84. The minimum absolute atomic E-state index is 0.270. The van der Waals surface area contributed by atoms with Gasteiger partial charge in [-0.15, -0.1) is 0 Å². The van der Waals surface area contributed by atoms with E-state index in [4.69, 9.17) is 25.7 Å². The van der Waals surface area contributed by atoms with Crippen molar-refractivity contribution in [3.63, 3.8) is 0 Å². The highest BCUT2D eigenvalue weighted by atomic mass is 16.5. The number of carbonyl (C=O) groups excluding carboxylic acids is 1. The highest BCUT2D eigenvalue weighted by molar-refractivity contribution is 5.95. The monoisotopic (exact) mass is 288 g/mol. The lowest BCUT2D eigenvalue weighted by molar-refractivity contribution is 0.0998. The van der Waals surface area contributed by atoms with E-state index in [0.717, 1.165) is 0 Å². The van der Waals surface area contributed by atoms with Crippen LogP contribution in [-0.2, 0) is 0 Å². The van der Waals surface area contributed by atoms with Crippen molar-refractivity contribution in [3.8, 4) is 23.0 Å². The van der Waals surface area contributed by atoms with E-state index in [2.05, 4.69) is 0 Å². The molecular formula is C15H16N2O4. The minimum Gasteiger partial charge on any atom is -0.493 e. The number of benzene rings is 2. The van der Waals surface area contributed by atoms with Gasteiger partial charge in [0.1, 0.15) is 5.75 Å². The maximum atomic E-state index is 11.4. The molecule has 6 heteroatoms. The number of rotatable bonds is 5. The predicted molar refractivity (Wildman–Crippen MR) is 79.0 cm³/mol. The topological polar surface area (TPSA) is 96.8 Å². The third kappa shape index (κ3) is 3.00. The Morgan fingerprint density at radius 2 is 1.57 bits per heavy atom. The molecule has 0 aliphatic heterocycles. The van der Waals surface area contributed by atoms with Crippen molar-refractivity contribution >= 4 is 11.6 Å². The van der Waals surface area contributed by atoms with Gasteiger partial charge in [-0.2, -0.15) is 0 Å². The Kier molecular flexibility index (Phi) is 4.18. The van der Waals surface area contributed by atoms with E-state index in [0.29, 0.717) is 28.7 Å². The van der Waals surface area contributed by atoms with Crippen molar-refractivity contribution in [1.82, 2.24) is 0 Å². The Labute approximate surface area is 122 Å². The van der Waals surface area contributed by atoms with Crippen molar-refractivity contribution in [2.75, 3.05) is 20.0 Å². The van der Waals surface area contributed by atoms with Crippen LogP contribution in [0.15, 0.2) is 36.4 Å². The molecule has 0 unspecified atom stereocenters. The molecule has 4 N–H and O–H groups in total. The van der Waals surface area contributed by atoms with Crippen molar-refractivity contribution in [1.29, 1.82) is 0 Å². The van der Waals surface area contributed by atoms with Gasteiger partial charge in [-0.25, -0.2) is 0 Å². The van der Waals surface area contributed by atoms with Crippen molar-refractivity contribution in [2.24, 2.45) is 5.73 Å². The van der Waals surface area contributed by atoms with E-state index in [1.807, 2.05) is 0 Å². The number of para-hydroxylation sites is 1. The highest BCUT2D eigenvalue weighted by Gasteiger charge is 2.14. The Morgan fingerprint density at radius 1 is 0.952 bits per heavy atom. The molecule has 0 atom stereocenters. The molecule has 0 bridgehead atoms. The van der Waals surface area contributed by atoms with Gasteiger partial charge in [-0.3, -0.25) is 4.79 Å². The summed E-state index contributed by atoms with van der Waals surface area (Å²) in [6.45, 7) is 0. The molecule has 0 aromatic heterocycles. The molecule has 0 heterocycles. The minimum atomic E-state index is -0.579. The second-order valence-corrected chi connectivity index (χ2v) is 4.21. The van der Waals surface area contributed by atoms with Gasteiger partial charge >= 0.3 is 0 Å². The summed E-state index contributed by atoms with van der Waals surface area (Å²) in [5.41, 5.74) is 11.9. The van der Waals surface area contributed by atoms with E-state index in [-0.39, 0.29) is 5.56 Å². The molecule has 2 aromatic rings. The van der Waals surface area contributed by atoms with Crippen LogP contribution in [0, 0.1) is 0 Å². The van der Waals surface area contributed by atoms with Crippen LogP contribution in [-0.4, -0.2) is 20.1 Å². The number of primary amides is 1. The summed E-state index contributed by atoms with van der Waals surface area (Å²) >= 11 is 0. The van der Waals surface area contributed by atoms with Crippen LogP contribution >= 0.6 is 0 Å². The third-order valence-electron chi connectivity index (χ3n) is 2.89. The first-order chi connectivity index (χ1) is 10.1. The lowest BCUT2D eigenvalue weighted by Gasteiger charge is -2.14. The first kappa shape index (κ1) is 14.5. The maximum Gasteiger partial charge on any atom is 0.252 e. The summed E-state index contributed by atoms with van der Waals surface area (Å²) in [4.78, 5) is 11.4. The number of amides is 1. The normalized spacial score (nSPS) is 10.0. The molecule has 110 valence electrons. The molecule has 0 aliphatic carbocycles. The molecule has 2 aromatic carbocycles. The summed E-state index contributed by atoms with van der Waals surface area (Å²) in [6, 6.07) is 9.82. The number of hydrogen-bond donors (Lipinski definition) is 2. The Bertz CT molecular complexity index is 671. The average molecular weight is 288 g/mol. The quantitative estimate of drug-likeness (QED) is 0.822. The molecule has 21 heavy (non-hydrogen) atoms. The van der Waals surface area contributed by atoms with Gasteiger partial charge in [0.25, 0.3) is 5.91 Å². The summed E-state index contributed by atoms with van der Waals surface area (Å²) in [7, 11) is 3.02. The van der Waals surface area contributed by atoms with Gasteiger partial charge in [0.05, 0.1) is 25.5 Å². The fraction of sp³-hybridized carbons (Fsp3) is 0.133. The van der Waals surface area contributed by atoms with Crippen LogP contribution in [0.4, 0.5) is 5.69 Å². The lowest BCUT2D eigenvalue weighted by Crippen LogP contribution is -2.12. The number of nitrogen functional groups attached to an aromatic ring is 1. The number of ether oxygens (including phenoxy) is 3. The third-order valence-corrected chi connectivity index (χ3v) is 2.89. The van der Waals surface area contributed by atoms with Crippen LogP contribution in [0.25, 0.3) is 0 Å². The van der Waals surface area contributed by atoms with Crippen LogP contribution < -0.4 is 25.7 Å². The van der Waals surface area contributed by atoms with Gasteiger partial charge in [-0.1, -0.05) is 12.1 Å². The molecule has 6 nitrogen and oxygen atoms in total. The maximum absolute atomic E-state index is 11.4. The van der Waals surface area contributed by atoms with Gasteiger partial charge < -0.3 is 25.7 Å². The zero-order valence-corrected chi connectivity index (χ0v) is 11.8. The smallest absolute Gasteiger partial charge is 0.252 e. The summed E-state index contributed by atoms with van der Waals surface area (Å²) in [5, 5.41) is 0. The SMILES string of the molecule is COc1cc(N)c(Oc2ccccc2C(N)=O)cc1OC. The van der Waals surface area contributed by atoms with Gasteiger partial charge in [0.2, 0.25) is 0 Å². The molecule has 0 fully saturated rings. The summed E-state index contributed by atoms with van der Waals surface area (Å²) in [6.07, 6.45) is 0. The Balaban J connectivity index is 2.43. The highest BCUT2D eigenvalue weighted by Crippen LogP contribution is 2.38. The Hall–Kier alpha value is -2.89. The van der Waals surface area contributed by atoms with E-state index < -0.39 is 5.91 Å². The van der Waals surface area contributed by atoms with Crippen LogP contribution in [0.1, 0.15) is 10.4 Å².